The zero-order valence-corrected chi connectivity index (χ0v) is 10.7. The molecule has 0 unspecified atom stereocenters. The molecule has 1 aromatic rings. The van der Waals surface area contributed by atoms with Crippen LogP contribution in [-0.4, -0.2) is 11.4 Å². The molecule has 0 aliphatic heterocycles. The zero-order chi connectivity index (χ0) is 11.8. The Balaban J connectivity index is 2.56. The molecule has 0 spiro atoms. The topological polar surface area (TPSA) is 46.2 Å². The molecule has 0 bridgehead atoms. The van der Waals surface area contributed by atoms with Crippen molar-refractivity contribution in [3.8, 4) is 5.75 Å². The molecule has 0 amide bonds. The van der Waals surface area contributed by atoms with Gasteiger partial charge in [-0.05, 0) is 37.7 Å². The smallest absolute Gasteiger partial charge is 0.124 e. The standard InChI is InChI=1S/C13H19NOS/c1-9-5-6-10(16-2)11(12(9)15)13(14)7-3-4-8-13/h5-6,15H,3-4,7-8,14H2,1-2H3. The molecule has 1 fully saturated rings. The van der Waals surface area contributed by atoms with Gasteiger partial charge in [-0.3, -0.25) is 0 Å². The molecule has 0 saturated heterocycles. The van der Waals surface area contributed by atoms with E-state index in [-0.39, 0.29) is 5.54 Å². The first-order chi connectivity index (χ1) is 7.58. The van der Waals surface area contributed by atoms with E-state index in [0.717, 1.165) is 41.7 Å². The first kappa shape index (κ1) is 11.8. The van der Waals surface area contributed by atoms with Gasteiger partial charge in [-0.1, -0.05) is 18.9 Å². The van der Waals surface area contributed by atoms with Crippen molar-refractivity contribution < 1.29 is 5.11 Å². The average Bonchev–Trinajstić information content (AvgIpc) is 2.69. The van der Waals surface area contributed by atoms with Crippen LogP contribution in [0.15, 0.2) is 17.0 Å². The van der Waals surface area contributed by atoms with Crippen molar-refractivity contribution in [3.63, 3.8) is 0 Å². The molecule has 0 radical (unpaired) electrons. The molecular weight excluding hydrogens is 218 g/mol. The second kappa shape index (κ2) is 4.30. The molecule has 1 aliphatic carbocycles. The number of rotatable bonds is 2. The quantitative estimate of drug-likeness (QED) is 0.777. The van der Waals surface area contributed by atoms with E-state index in [1.54, 1.807) is 11.8 Å². The lowest BCUT2D eigenvalue weighted by atomic mass is 9.87. The number of phenols is 1. The van der Waals surface area contributed by atoms with Crippen LogP contribution >= 0.6 is 11.8 Å². The Kier molecular flexibility index (Phi) is 3.17. The second-order valence-electron chi connectivity index (χ2n) is 4.67. The summed E-state index contributed by atoms with van der Waals surface area (Å²) in [6.45, 7) is 1.93. The lowest BCUT2D eigenvalue weighted by Crippen LogP contribution is -2.33. The van der Waals surface area contributed by atoms with E-state index in [4.69, 9.17) is 5.73 Å². The molecule has 1 aromatic carbocycles. The van der Waals surface area contributed by atoms with Gasteiger partial charge in [0.2, 0.25) is 0 Å². The van der Waals surface area contributed by atoms with Crippen LogP contribution in [0.4, 0.5) is 0 Å². The van der Waals surface area contributed by atoms with E-state index in [9.17, 15) is 5.11 Å². The van der Waals surface area contributed by atoms with Gasteiger partial charge in [-0.2, -0.15) is 0 Å². The third-order valence-electron chi connectivity index (χ3n) is 3.56. The number of aromatic hydroxyl groups is 1. The van der Waals surface area contributed by atoms with Crippen LogP contribution in [0.2, 0.25) is 0 Å². The Morgan fingerprint density at radius 1 is 1.31 bits per heavy atom. The molecule has 0 aromatic heterocycles. The third kappa shape index (κ3) is 1.82. The van der Waals surface area contributed by atoms with E-state index >= 15 is 0 Å². The highest BCUT2D eigenvalue weighted by Gasteiger charge is 2.35. The summed E-state index contributed by atoms with van der Waals surface area (Å²) < 4.78 is 0. The van der Waals surface area contributed by atoms with E-state index in [0.29, 0.717) is 5.75 Å². The SMILES string of the molecule is CSc1ccc(C)c(O)c1C1(N)CCCC1. The maximum Gasteiger partial charge on any atom is 0.124 e. The molecule has 0 atom stereocenters. The first-order valence-electron chi connectivity index (χ1n) is 5.74. The van der Waals surface area contributed by atoms with Crippen molar-refractivity contribution in [2.45, 2.75) is 43.0 Å². The number of nitrogens with two attached hydrogens (primary N) is 1. The lowest BCUT2D eigenvalue weighted by molar-refractivity contribution is 0.400. The van der Waals surface area contributed by atoms with Crippen molar-refractivity contribution >= 4 is 11.8 Å². The van der Waals surface area contributed by atoms with Crippen molar-refractivity contribution in [1.29, 1.82) is 0 Å². The summed E-state index contributed by atoms with van der Waals surface area (Å²) in [4.78, 5) is 1.12. The van der Waals surface area contributed by atoms with Crippen LogP contribution in [0.25, 0.3) is 0 Å². The van der Waals surface area contributed by atoms with E-state index in [2.05, 4.69) is 6.07 Å². The maximum absolute atomic E-state index is 10.2. The van der Waals surface area contributed by atoms with Gasteiger partial charge in [0.15, 0.2) is 0 Å². The van der Waals surface area contributed by atoms with Gasteiger partial charge < -0.3 is 10.8 Å². The molecule has 2 rings (SSSR count). The van der Waals surface area contributed by atoms with Crippen molar-refractivity contribution in [2.24, 2.45) is 5.73 Å². The van der Waals surface area contributed by atoms with Gasteiger partial charge in [0, 0.05) is 16.0 Å². The van der Waals surface area contributed by atoms with Crippen LogP contribution < -0.4 is 5.73 Å². The molecule has 16 heavy (non-hydrogen) atoms. The van der Waals surface area contributed by atoms with Crippen LogP contribution in [0.5, 0.6) is 5.75 Å². The maximum atomic E-state index is 10.2. The van der Waals surface area contributed by atoms with E-state index in [1.165, 1.54) is 0 Å². The van der Waals surface area contributed by atoms with Crippen LogP contribution in [-0.2, 0) is 5.54 Å². The zero-order valence-electron chi connectivity index (χ0n) is 9.92. The van der Waals surface area contributed by atoms with Gasteiger partial charge in [0.25, 0.3) is 0 Å². The van der Waals surface area contributed by atoms with Crippen molar-refractivity contribution in [1.82, 2.24) is 0 Å². The summed E-state index contributed by atoms with van der Waals surface area (Å²) in [5.74, 6) is 0.399. The number of aryl methyl sites for hydroxylation is 1. The summed E-state index contributed by atoms with van der Waals surface area (Å²) in [5, 5.41) is 10.2. The van der Waals surface area contributed by atoms with Gasteiger partial charge >= 0.3 is 0 Å². The largest absolute Gasteiger partial charge is 0.507 e. The predicted molar refractivity (Wildman–Crippen MR) is 69.0 cm³/mol. The number of benzene rings is 1. The Bertz CT molecular complexity index is 397. The number of hydrogen-bond acceptors (Lipinski definition) is 3. The highest BCUT2D eigenvalue weighted by Crippen LogP contribution is 2.45. The molecule has 1 aliphatic rings. The minimum Gasteiger partial charge on any atom is -0.507 e. The molecule has 1 saturated carbocycles. The number of phenolic OH excluding ortho intramolecular Hbond substituents is 1. The fraction of sp³-hybridized carbons (Fsp3) is 0.538. The van der Waals surface area contributed by atoms with Gasteiger partial charge in [0.1, 0.15) is 5.75 Å². The van der Waals surface area contributed by atoms with Gasteiger partial charge in [-0.15, -0.1) is 11.8 Å². The Labute approximate surface area is 101 Å². The monoisotopic (exact) mass is 237 g/mol. The van der Waals surface area contributed by atoms with Crippen LogP contribution in [0, 0.1) is 6.92 Å². The second-order valence-corrected chi connectivity index (χ2v) is 5.52. The molecule has 2 nitrogen and oxygen atoms in total. The Hall–Kier alpha value is -0.670. The predicted octanol–water partition coefficient (Wildman–Crippen LogP) is 3.15. The molecular formula is C13H19NOS. The summed E-state index contributed by atoms with van der Waals surface area (Å²) in [5.41, 5.74) is 8.03. The van der Waals surface area contributed by atoms with Gasteiger partial charge in [-0.25, -0.2) is 0 Å². The number of hydrogen-bond donors (Lipinski definition) is 2. The molecule has 0 heterocycles. The van der Waals surface area contributed by atoms with E-state index < -0.39 is 0 Å². The fourth-order valence-corrected chi connectivity index (χ4v) is 3.29. The normalized spacial score (nSPS) is 18.9. The fourth-order valence-electron chi connectivity index (χ4n) is 2.58. The van der Waals surface area contributed by atoms with Gasteiger partial charge in [0.05, 0.1) is 0 Å². The van der Waals surface area contributed by atoms with Crippen molar-refractivity contribution in [3.05, 3.63) is 23.3 Å². The van der Waals surface area contributed by atoms with Crippen LogP contribution in [0.1, 0.15) is 36.8 Å². The summed E-state index contributed by atoms with van der Waals surface area (Å²) >= 11 is 1.66. The van der Waals surface area contributed by atoms with Crippen LogP contribution in [0.3, 0.4) is 0 Å². The highest BCUT2D eigenvalue weighted by atomic mass is 32.2. The summed E-state index contributed by atoms with van der Waals surface area (Å²) in [6, 6.07) is 4.03. The van der Waals surface area contributed by atoms with E-state index in [1.807, 2.05) is 19.2 Å². The summed E-state index contributed by atoms with van der Waals surface area (Å²) in [6.07, 6.45) is 6.33. The molecule has 3 N–H and O–H groups in total. The van der Waals surface area contributed by atoms with Crippen molar-refractivity contribution in [2.75, 3.05) is 6.26 Å². The summed E-state index contributed by atoms with van der Waals surface area (Å²) in [7, 11) is 0. The lowest BCUT2D eigenvalue weighted by Gasteiger charge is -2.28. The first-order valence-corrected chi connectivity index (χ1v) is 6.97. The third-order valence-corrected chi connectivity index (χ3v) is 4.34. The minimum absolute atomic E-state index is 0.311. The number of thioether (sulfide) groups is 1. The minimum atomic E-state index is -0.311. The Morgan fingerprint density at radius 2 is 1.94 bits per heavy atom. The average molecular weight is 237 g/mol. The highest BCUT2D eigenvalue weighted by molar-refractivity contribution is 7.98. The molecule has 88 valence electrons. The Morgan fingerprint density at radius 3 is 2.50 bits per heavy atom. The molecule has 3 heteroatoms.